The molecule has 3 aromatic carbocycles. The molecule has 0 spiro atoms. The Labute approximate surface area is 189 Å². The van der Waals surface area contributed by atoms with Crippen molar-refractivity contribution in [3.8, 4) is 0 Å². The van der Waals surface area contributed by atoms with E-state index in [1.54, 1.807) is 24.3 Å². The third-order valence-electron chi connectivity index (χ3n) is 5.59. The summed E-state index contributed by atoms with van der Waals surface area (Å²) in [5.74, 6) is 0.309. The zero-order chi connectivity index (χ0) is 21.5. The summed E-state index contributed by atoms with van der Waals surface area (Å²) in [7, 11) is 0. The number of rotatable bonds is 7. The van der Waals surface area contributed by atoms with Crippen LogP contribution in [0.5, 0.6) is 0 Å². The maximum atomic E-state index is 12.6. The van der Waals surface area contributed by atoms with Crippen molar-refractivity contribution in [1.29, 1.82) is 0 Å². The number of carbonyl (C=O) groups excluding carboxylic acids is 1. The van der Waals surface area contributed by atoms with Gasteiger partial charge in [0, 0.05) is 49.2 Å². The molecular formula is C26H28ClN3O. The predicted octanol–water partition coefficient (Wildman–Crippen LogP) is 4.66. The van der Waals surface area contributed by atoms with E-state index in [9.17, 15) is 4.79 Å². The van der Waals surface area contributed by atoms with Gasteiger partial charge in [-0.2, -0.15) is 0 Å². The lowest BCUT2D eigenvalue weighted by molar-refractivity contribution is 0.0368. The molecule has 0 saturated carbocycles. The second-order valence-electron chi connectivity index (χ2n) is 8.22. The molecule has 1 heterocycles. The van der Waals surface area contributed by atoms with E-state index in [1.807, 2.05) is 0 Å². The van der Waals surface area contributed by atoms with Gasteiger partial charge in [-0.05, 0) is 35.4 Å². The summed E-state index contributed by atoms with van der Waals surface area (Å²) in [5.41, 5.74) is 3.27. The van der Waals surface area contributed by atoms with E-state index in [4.69, 9.17) is 11.6 Å². The van der Waals surface area contributed by atoms with Gasteiger partial charge in [0.15, 0.2) is 0 Å². The summed E-state index contributed by atoms with van der Waals surface area (Å²) in [6.07, 6.45) is 0. The normalized spacial score (nSPS) is 15.6. The van der Waals surface area contributed by atoms with E-state index in [2.05, 4.69) is 75.8 Å². The Hall–Kier alpha value is -2.66. The van der Waals surface area contributed by atoms with Gasteiger partial charge in [-0.25, -0.2) is 0 Å². The average molecular weight is 434 g/mol. The lowest BCUT2D eigenvalue weighted by Gasteiger charge is -2.40. The van der Waals surface area contributed by atoms with Gasteiger partial charge < -0.3 is 5.32 Å². The molecule has 1 aliphatic rings. The second kappa shape index (κ2) is 10.6. The van der Waals surface area contributed by atoms with Crippen molar-refractivity contribution in [2.75, 3.05) is 26.3 Å². The molecular weight excluding hydrogens is 406 g/mol. The number of benzene rings is 3. The van der Waals surface area contributed by atoms with E-state index >= 15 is 0 Å². The van der Waals surface area contributed by atoms with Gasteiger partial charge in [0.1, 0.15) is 0 Å². The first-order valence-electron chi connectivity index (χ1n) is 10.7. The van der Waals surface area contributed by atoms with E-state index in [1.165, 1.54) is 11.1 Å². The summed E-state index contributed by atoms with van der Waals surface area (Å²) < 4.78 is 0. The van der Waals surface area contributed by atoms with Crippen LogP contribution in [-0.4, -0.2) is 42.0 Å². The topological polar surface area (TPSA) is 35.6 Å². The van der Waals surface area contributed by atoms with E-state index in [0.717, 1.165) is 32.8 Å². The highest BCUT2D eigenvalue weighted by Crippen LogP contribution is 2.18. The molecule has 0 unspecified atom stereocenters. The molecule has 0 aromatic heterocycles. The maximum Gasteiger partial charge on any atom is 0.251 e. The summed E-state index contributed by atoms with van der Waals surface area (Å²) in [6.45, 7) is 5.31. The Morgan fingerprint density at radius 2 is 1.32 bits per heavy atom. The van der Waals surface area contributed by atoms with Gasteiger partial charge in [0.2, 0.25) is 0 Å². The van der Waals surface area contributed by atoms with Crippen LogP contribution in [0.1, 0.15) is 21.5 Å². The Kier molecular flexibility index (Phi) is 7.36. The van der Waals surface area contributed by atoms with Crippen LogP contribution < -0.4 is 5.32 Å². The molecule has 1 saturated heterocycles. The first-order valence-corrected chi connectivity index (χ1v) is 11.1. The number of amides is 1. The lowest BCUT2D eigenvalue weighted by Crippen LogP contribution is -2.51. The fourth-order valence-electron chi connectivity index (χ4n) is 4.17. The van der Waals surface area contributed by atoms with Crippen molar-refractivity contribution in [1.82, 2.24) is 15.1 Å². The first-order chi connectivity index (χ1) is 15.2. The third kappa shape index (κ3) is 6.41. The lowest BCUT2D eigenvalue weighted by atomic mass is 10.0. The van der Waals surface area contributed by atoms with Crippen molar-refractivity contribution in [3.63, 3.8) is 0 Å². The number of hydrogen-bond acceptors (Lipinski definition) is 3. The molecule has 4 rings (SSSR count). The number of nitrogens with zero attached hydrogens (tertiary/aromatic N) is 2. The quantitative estimate of drug-likeness (QED) is 0.588. The average Bonchev–Trinajstić information content (AvgIpc) is 2.79. The summed E-state index contributed by atoms with van der Waals surface area (Å²) >= 11 is 5.94. The third-order valence-corrected chi connectivity index (χ3v) is 5.84. The predicted molar refractivity (Wildman–Crippen MR) is 126 cm³/mol. The van der Waals surface area contributed by atoms with E-state index in [0.29, 0.717) is 23.0 Å². The zero-order valence-corrected chi connectivity index (χ0v) is 18.3. The maximum absolute atomic E-state index is 12.6. The molecule has 0 atom stereocenters. The zero-order valence-electron chi connectivity index (χ0n) is 17.6. The Bertz CT molecular complexity index is 913. The van der Waals surface area contributed by atoms with Crippen LogP contribution >= 0.6 is 11.6 Å². The number of carbonyl (C=O) groups is 1. The number of nitrogens with one attached hydrogen (secondary N) is 1. The molecule has 31 heavy (non-hydrogen) atoms. The van der Waals surface area contributed by atoms with Crippen LogP contribution in [0.15, 0.2) is 84.9 Å². The molecule has 3 aromatic rings. The van der Waals surface area contributed by atoms with Crippen LogP contribution in [0.2, 0.25) is 5.02 Å². The minimum absolute atomic E-state index is 0.0496. The highest BCUT2D eigenvalue weighted by Gasteiger charge is 2.26. The molecule has 5 heteroatoms. The van der Waals surface area contributed by atoms with Crippen LogP contribution in [0.4, 0.5) is 0 Å². The monoisotopic (exact) mass is 433 g/mol. The summed E-state index contributed by atoms with van der Waals surface area (Å²) in [6, 6.07) is 28.2. The van der Waals surface area contributed by atoms with Crippen molar-refractivity contribution in [3.05, 3.63) is 107 Å². The molecule has 1 fully saturated rings. The molecule has 1 N–H and O–H groups in total. The van der Waals surface area contributed by atoms with Gasteiger partial charge in [0.25, 0.3) is 5.91 Å². The van der Waals surface area contributed by atoms with Crippen LogP contribution in [0.25, 0.3) is 0 Å². The summed E-state index contributed by atoms with van der Waals surface area (Å²) in [4.78, 5) is 17.5. The minimum Gasteiger partial charge on any atom is -0.352 e. The summed E-state index contributed by atoms with van der Waals surface area (Å²) in [5, 5.41) is 3.76. The highest BCUT2D eigenvalue weighted by molar-refractivity contribution is 6.30. The van der Waals surface area contributed by atoms with Crippen molar-refractivity contribution in [2.24, 2.45) is 5.92 Å². The molecule has 160 valence electrons. The van der Waals surface area contributed by atoms with Crippen LogP contribution in [-0.2, 0) is 13.1 Å². The standard InChI is InChI=1S/C26H28ClN3O/c27-25-13-11-24(12-14-25)26(31)28-15-23-18-29(16-21-7-3-1-4-8-21)20-30(19-23)17-22-9-5-2-6-10-22/h1-14,23H,15-20H2,(H,28,31). The Morgan fingerprint density at radius 3 is 1.84 bits per heavy atom. The Morgan fingerprint density at radius 1 is 0.806 bits per heavy atom. The van der Waals surface area contributed by atoms with E-state index < -0.39 is 0 Å². The van der Waals surface area contributed by atoms with Crippen LogP contribution in [0, 0.1) is 5.92 Å². The van der Waals surface area contributed by atoms with E-state index in [-0.39, 0.29) is 5.91 Å². The fraction of sp³-hybridized carbons (Fsp3) is 0.269. The number of halogens is 1. The highest BCUT2D eigenvalue weighted by atomic mass is 35.5. The SMILES string of the molecule is O=C(NCC1CN(Cc2ccccc2)CN(Cc2ccccc2)C1)c1ccc(Cl)cc1. The van der Waals surface area contributed by atoms with Crippen molar-refractivity contribution < 1.29 is 4.79 Å². The molecule has 1 aliphatic heterocycles. The van der Waals surface area contributed by atoms with Crippen molar-refractivity contribution >= 4 is 17.5 Å². The van der Waals surface area contributed by atoms with Gasteiger partial charge >= 0.3 is 0 Å². The van der Waals surface area contributed by atoms with Gasteiger partial charge in [0.05, 0.1) is 6.67 Å². The molecule has 1 amide bonds. The largest absolute Gasteiger partial charge is 0.352 e. The van der Waals surface area contributed by atoms with Gasteiger partial charge in [-0.1, -0.05) is 72.3 Å². The van der Waals surface area contributed by atoms with Gasteiger partial charge in [-0.15, -0.1) is 0 Å². The molecule has 4 nitrogen and oxygen atoms in total. The second-order valence-corrected chi connectivity index (χ2v) is 8.66. The Balaban J connectivity index is 1.40. The fourth-order valence-corrected chi connectivity index (χ4v) is 4.29. The molecule has 0 bridgehead atoms. The minimum atomic E-state index is -0.0496. The molecule has 0 aliphatic carbocycles. The first kappa shape index (κ1) is 21.6. The smallest absolute Gasteiger partial charge is 0.251 e. The van der Waals surface area contributed by atoms with Crippen LogP contribution in [0.3, 0.4) is 0 Å². The molecule has 0 radical (unpaired) electrons. The van der Waals surface area contributed by atoms with Gasteiger partial charge in [-0.3, -0.25) is 14.6 Å². The number of hydrogen-bond donors (Lipinski definition) is 1. The van der Waals surface area contributed by atoms with Crippen molar-refractivity contribution in [2.45, 2.75) is 13.1 Å².